The Hall–Kier alpha value is -2.06. The summed E-state index contributed by atoms with van der Waals surface area (Å²) < 4.78 is 0. The van der Waals surface area contributed by atoms with Crippen LogP contribution in [0.25, 0.3) is 11.0 Å². The predicted molar refractivity (Wildman–Crippen MR) is 85.2 cm³/mol. The lowest BCUT2D eigenvalue weighted by molar-refractivity contribution is 1.13. The Morgan fingerprint density at radius 2 is 2.00 bits per heavy atom. The summed E-state index contributed by atoms with van der Waals surface area (Å²) >= 11 is 0. The van der Waals surface area contributed by atoms with Gasteiger partial charge in [0.25, 0.3) is 0 Å². The quantitative estimate of drug-likeness (QED) is 0.750. The highest BCUT2D eigenvalue weighted by Crippen LogP contribution is 2.15. The minimum absolute atomic E-state index is 0.737. The molecule has 1 unspecified atom stereocenters. The number of nitrogens with one attached hydrogen (secondary N) is 1. The molecule has 0 saturated carbocycles. The number of rotatable bonds is 3. The van der Waals surface area contributed by atoms with Crippen molar-refractivity contribution in [2.24, 2.45) is 0 Å². The van der Waals surface area contributed by atoms with E-state index in [1.807, 2.05) is 12.3 Å². The van der Waals surface area contributed by atoms with Gasteiger partial charge >= 0.3 is 0 Å². The summed E-state index contributed by atoms with van der Waals surface area (Å²) in [5.41, 5.74) is 5.26. The van der Waals surface area contributed by atoms with E-state index < -0.39 is 0 Å². The summed E-state index contributed by atoms with van der Waals surface area (Å²) in [7, 11) is 2.72. The molecule has 0 aliphatic carbocycles. The van der Waals surface area contributed by atoms with Crippen molar-refractivity contribution in [1.82, 2.24) is 15.0 Å². The second-order valence-corrected chi connectivity index (χ2v) is 5.28. The smallest absolute Gasteiger partial charge is 0.0958 e. The van der Waals surface area contributed by atoms with Gasteiger partial charge in [0.15, 0.2) is 0 Å². The van der Waals surface area contributed by atoms with Gasteiger partial charge in [-0.2, -0.15) is 0 Å². The van der Waals surface area contributed by atoms with Crippen molar-refractivity contribution in [3.8, 4) is 0 Å². The van der Waals surface area contributed by atoms with Gasteiger partial charge in [0, 0.05) is 25.1 Å². The van der Waals surface area contributed by atoms with Gasteiger partial charge in [0.05, 0.1) is 22.9 Å². The molecule has 2 aromatic heterocycles. The molecule has 4 nitrogen and oxygen atoms in total. The van der Waals surface area contributed by atoms with Crippen LogP contribution in [0.3, 0.4) is 0 Å². The Balaban J connectivity index is 1.86. The van der Waals surface area contributed by atoms with Crippen molar-refractivity contribution in [3.63, 3.8) is 0 Å². The standard InChI is InChI=1S/C15H15N4P/c1-10-2-3-16-9-13(10)19-8-11-6-12-15(14(20)7-11)18-5-4-17-12/h2-7,9,19H,8,20H2,1H3. The van der Waals surface area contributed by atoms with E-state index in [-0.39, 0.29) is 0 Å². The molecule has 0 bridgehead atoms. The third-order valence-electron chi connectivity index (χ3n) is 3.19. The monoisotopic (exact) mass is 282 g/mol. The van der Waals surface area contributed by atoms with Crippen molar-refractivity contribution in [2.75, 3.05) is 5.32 Å². The average molecular weight is 282 g/mol. The van der Waals surface area contributed by atoms with Gasteiger partial charge in [-0.05, 0) is 41.6 Å². The van der Waals surface area contributed by atoms with Crippen LogP contribution in [-0.2, 0) is 6.54 Å². The molecule has 0 aliphatic rings. The van der Waals surface area contributed by atoms with Crippen LogP contribution >= 0.6 is 9.24 Å². The minimum atomic E-state index is 0.737. The maximum atomic E-state index is 4.36. The molecular formula is C15H15N4P. The molecule has 0 aliphatic heterocycles. The molecule has 5 heteroatoms. The highest BCUT2D eigenvalue weighted by molar-refractivity contribution is 7.28. The van der Waals surface area contributed by atoms with Crippen LogP contribution in [0.4, 0.5) is 5.69 Å². The van der Waals surface area contributed by atoms with E-state index in [2.05, 4.69) is 48.6 Å². The van der Waals surface area contributed by atoms with Crippen LogP contribution in [-0.4, -0.2) is 15.0 Å². The molecule has 0 saturated heterocycles. The normalized spacial score (nSPS) is 10.7. The average Bonchev–Trinajstić information content (AvgIpc) is 2.46. The van der Waals surface area contributed by atoms with E-state index in [9.17, 15) is 0 Å². The van der Waals surface area contributed by atoms with Crippen LogP contribution in [0.2, 0.25) is 0 Å². The summed E-state index contributed by atoms with van der Waals surface area (Å²) in [6.45, 7) is 2.80. The lowest BCUT2D eigenvalue weighted by atomic mass is 10.1. The molecule has 2 heterocycles. The van der Waals surface area contributed by atoms with Crippen LogP contribution in [0.5, 0.6) is 0 Å². The maximum absolute atomic E-state index is 4.36. The van der Waals surface area contributed by atoms with E-state index >= 15 is 0 Å². The highest BCUT2D eigenvalue weighted by Gasteiger charge is 2.04. The first kappa shape index (κ1) is 12.9. The van der Waals surface area contributed by atoms with Gasteiger partial charge in [-0.15, -0.1) is 9.24 Å². The Labute approximate surface area is 119 Å². The molecule has 0 spiro atoms. The molecule has 0 amide bonds. The van der Waals surface area contributed by atoms with E-state index in [0.717, 1.165) is 28.6 Å². The molecule has 1 aromatic carbocycles. The number of hydrogen-bond acceptors (Lipinski definition) is 4. The van der Waals surface area contributed by atoms with Crippen LogP contribution in [0.15, 0.2) is 43.0 Å². The van der Waals surface area contributed by atoms with Gasteiger partial charge in [-0.25, -0.2) is 0 Å². The van der Waals surface area contributed by atoms with Crippen LogP contribution in [0, 0.1) is 6.92 Å². The molecule has 1 N–H and O–H groups in total. The lowest BCUT2D eigenvalue weighted by Crippen LogP contribution is -2.05. The molecule has 3 aromatic rings. The number of pyridine rings is 1. The predicted octanol–water partition coefficient (Wildman–Crippen LogP) is 2.45. The first-order valence-electron chi connectivity index (χ1n) is 6.37. The zero-order chi connectivity index (χ0) is 13.9. The fraction of sp³-hybridized carbons (Fsp3) is 0.133. The first-order valence-corrected chi connectivity index (χ1v) is 6.95. The van der Waals surface area contributed by atoms with Crippen molar-refractivity contribution >= 4 is 31.3 Å². The number of aryl methyl sites for hydroxylation is 1. The van der Waals surface area contributed by atoms with Crippen molar-refractivity contribution in [3.05, 3.63) is 54.1 Å². The van der Waals surface area contributed by atoms with Gasteiger partial charge in [-0.1, -0.05) is 0 Å². The third-order valence-corrected chi connectivity index (χ3v) is 3.63. The number of benzene rings is 1. The Morgan fingerprint density at radius 3 is 2.85 bits per heavy atom. The van der Waals surface area contributed by atoms with Crippen molar-refractivity contribution < 1.29 is 0 Å². The zero-order valence-corrected chi connectivity index (χ0v) is 12.3. The van der Waals surface area contributed by atoms with Crippen molar-refractivity contribution in [2.45, 2.75) is 13.5 Å². The maximum Gasteiger partial charge on any atom is 0.0958 e. The van der Waals surface area contributed by atoms with Gasteiger partial charge in [0.2, 0.25) is 0 Å². The van der Waals surface area contributed by atoms with Gasteiger partial charge in [0.1, 0.15) is 0 Å². The number of hydrogen-bond donors (Lipinski definition) is 1. The summed E-state index contributed by atoms with van der Waals surface area (Å²) in [6, 6.07) is 6.17. The Kier molecular flexibility index (Phi) is 3.57. The molecular weight excluding hydrogens is 267 g/mol. The highest BCUT2D eigenvalue weighted by atomic mass is 31.0. The summed E-state index contributed by atoms with van der Waals surface area (Å²) in [4.78, 5) is 12.8. The number of aromatic nitrogens is 3. The first-order chi connectivity index (χ1) is 9.74. The van der Waals surface area contributed by atoms with Gasteiger partial charge in [-0.3, -0.25) is 15.0 Å². The largest absolute Gasteiger partial charge is 0.380 e. The number of anilines is 1. The van der Waals surface area contributed by atoms with Crippen LogP contribution in [0.1, 0.15) is 11.1 Å². The third kappa shape index (κ3) is 2.61. The number of nitrogens with zero attached hydrogens (tertiary/aromatic N) is 3. The Morgan fingerprint density at radius 1 is 1.15 bits per heavy atom. The molecule has 3 rings (SSSR count). The molecule has 1 atom stereocenters. The topological polar surface area (TPSA) is 50.7 Å². The SMILES string of the molecule is Cc1ccncc1NCc1cc(P)c2nccnc2c1. The second-order valence-electron chi connectivity index (χ2n) is 4.65. The molecule has 100 valence electrons. The van der Waals surface area contributed by atoms with E-state index in [1.165, 1.54) is 11.1 Å². The van der Waals surface area contributed by atoms with E-state index in [1.54, 1.807) is 18.6 Å². The Bertz CT molecular complexity index is 758. The molecule has 0 fully saturated rings. The minimum Gasteiger partial charge on any atom is -0.380 e. The summed E-state index contributed by atoms with van der Waals surface area (Å²) in [6.07, 6.45) is 7.08. The van der Waals surface area contributed by atoms with Gasteiger partial charge < -0.3 is 5.32 Å². The fourth-order valence-electron chi connectivity index (χ4n) is 2.11. The van der Waals surface area contributed by atoms with Crippen molar-refractivity contribution in [1.29, 1.82) is 0 Å². The van der Waals surface area contributed by atoms with E-state index in [4.69, 9.17) is 0 Å². The molecule has 20 heavy (non-hydrogen) atoms. The number of fused-ring (bicyclic) bond motifs is 1. The van der Waals surface area contributed by atoms with E-state index in [0.29, 0.717) is 0 Å². The lowest BCUT2D eigenvalue weighted by Gasteiger charge is -2.10. The summed E-state index contributed by atoms with van der Waals surface area (Å²) in [5.74, 6) is 0. The summed E-state index contributed by atoms with van der Waals surface area (Å²) in [5, 5.41) is 4.47. The second kappa shape index (κ2) is 5.51. The van der Waals surface area contributed by atoms with Crippen LogP contribution < -0.4 is 10.6 Å². The molecule has 0 radical (unpaired) electrons. The fourth-order valence-corrected chi connectivity index (χ4v) is 2.55. The zero-order valence-electron chi connectivity index (χ0n) is 11.2.